The van der Waals surface area contributed by atoms with Crippen LogP contribution in [0.3, 0.4) is 0 Å². The molecule has 1 heteroatoms. The summed E-state index contributed by atoms with van der Waals surface area (Å²) in [6.45, 7) is 10.2. The summed E-state index contributed by atoms with van der Waals surface area (Å²) in [5.74, 6) is 0. The molecular formula is C26H32N+. The predicted molar refractivity (Wildman–Crippen MR) is 115 cm³/mol. The number of nitrogens with zero attached hydrogens (tertiary/aromatic N) is 1. The summed E-state index contributed by atoms with van der Waals surface area (Å²) in [6.07, 6.45) is 8.88. The van der Waals surface area contributed by atoms with Crippen molar-refractivity contribution in [3.8, 4) is 11.3 Å². The first-order chi connectivity index (χ1) is 13.0. The fourth-order valence-corrected chi connectivity index (χ4v) is 4.42. The molecule has 1 aliphatic rings. The maximum Gasteiger partial charge on any atom is 0.221 e. The van der Waals surface area contributed by atoms with Crippen molar-refractivity contribution >= 4 is 10.8 Å². The van der Waals surface area contributed by atoms with Gasteiger partial charge in [-0.25, -0.2) is 0 Å². The largest absolute Gasteiger partial charge is 0.221 e. The minimum absolute atomic E-state index is 0.195. The molecule has 0 spiro atoms. The van der Waals surface area contributed by atoms with Crippen LogP contribution in [0.4, 0.5) is 0 Å². The van der Waals surface area contributed by atoms with Gasteiger partial charge in [0.2, 0.25) is 5.69 Å². The van der Waals surface area contributed by atoms with Gasteiger partial charge < -0.3 is 0 Å². The summed E-state index contributed by atoms with van der Waals surface area (Å²) in [4.78, 5) is 0. The molecule has 4 rings (SSSR count). The van der Waals surface area contributed by atoms with Crippen LogP contribution in [0.25, 0.3) is 22.0 Å². The fourth-order valence-electron chi connectivity index (χ4n) is 4.42. The van der Waals surface area contributed by atoms with Crippen LogP contribution in [0.1, 0.15) is 70.1 Å². The maximum absolute atomic E-state index is 2.49. The number of aryl methyl sites for hydroxylation is 1. The molecule has 140 valence electrons. The van der Waals surface area contributed by atoms with E-state index in [1.807, 2.05) is 0 Å². The van der Waals surface area contributed by atoms with Gasteiger partial charge in [0.05, 0.1) is 10.9 Å². The zero-order valence-corrected chi connectivity index (χ0v) is 17.3. The highest BCUT2D eigenvalue weighted by molar-refractivity contribution is 5.96. The van der Waals surface area contributed by atoms with Crippen molar-refractivity contribution < 1.29 is 4.57 Å². The van der Waals surface area contributed by atoms with Crippen molar-refractivity contribution in [3.63, 3.8) is 0 Å². The van der Waals surface area contributed by atoms with Gasteiger partial charge >= 0.3 is 0 Å². The van der Waals surface area contributed by atoms with E-state index < -0.39 is 0 Å². The molecule has 0 aliphatic carbocycles. The van der Waals surface area contributed by atoms with Crippen LogP contribution in [0, 0.1) is 0 Å². The van der Waals surface area contributed by atoms with E-state index in [1.165, 1.54) is 70.8 Å². The lowest BCUT2D eigenvalue weighted by Crippen LogP contribution is -2.33. The first-order valence-corrected chi connectivity index (χ1v) is 10.6. The summed E-state index contributed by atoms with van der Waals surface area (Å²) in [5, 5.41) is 2.85. The summed E-state index contributed by atoms with van der Waals surface area (Å²) < 4.78 is 2.49. The van der Waals surface area contributed by atoms with Gasteiger partial charge in [0.25, 0.3) is 0 Å². The molecule has 0 unspecified atom stereocenters. The van der Waals surface area contributed by atoms with E-state index in [-0.39, 0.29) is 5.41 Å². The highest BCUT2D eigenvalue weighted by Crippen LogP contribution is 2.36. The molecular weight excluding hydrogens is 326 g/mol. The Hall–Kier alpha value is -2.15. The van der Waals surface area contributed by atoms with E-state index in [4.69, 9.17) is 0 Å². The summed E-state index contributed by atoms with van der Waals surface area (Å²) in [6, 6.07) is 16.1. The normalized spacial score (nSPS) is 13.0. The Morgan fingerprint density at radius 1 is 0.926 bits per heavy atom. The third-order valence-corrected chi connectivity index (χ3v) is 5.99. The highest BCUT2D eigenvalue weighted by Gasteiger charge is 2.30. The molecule has 1 nitrogen and oxygen atoms in total. The Morgan fingerprint density at radius 3 is 2.44 bits per heavy atom. The molecule has 3 aromatic rings. The standard InChI is InChI=1S/C26H32N/c1-5-6-7-8-11-19-17-27-18-20-16-21(26(2,3)4)14-15-23(20)25(27)24-13-10-9-12-22(19)24/h9-10,12-17H,5-8,11,18H2,1-4H3/q+1. The van der Waals surface area contributed by atoms with Gasteiger partial charge in [-0.1, -0.05) is 71.2 Å². The molecule has 0 radical (unpaired) electrons. The molecule has 0 amide bonds. The second kappa shape index (κ2) is 7.11. The minimum Gasteiger partial charge on any atom is -0.193 e. The summed E-state index contributed by atoms with van der Waals surface area (Å²) in [7, 11) is 0. The molecule has 0 atom stereocenters. The summed E-state index contributed by atoms with van der Waals surface area (Å²) >= 11 is 0. The zero-order chi connectivity index (χ0) is 19.0. The van der Waals surface area contributed by atoms with E-state index >= 15 is 0 Å². The monoisotopic (exact) mass is 358 g/mol. The SMILES string of the molecule is CCCCCCc1c[n+]2c(c3ccccc13)-c1ccc(C(C)(C)C)cc1C2. The number of fused-ring (bicyclic) bond motifs is 5. The number of unbranched alkanes of at least 4 members (excludes halogenated alkanes) is 3. The minimum atomic E-state index is 0.195. The van der Waals surface area contributed by atoms with Crippen molar-refractivity contribution in [2.75, 3.05) is 0 Å². The number of aromatic nitrogens is 1. The molecule has 2 heterocycles. The van der Waals surface area contributed by atoms with Crippen molar-refractivity contribution in [1.29, 1.82) is 0 Å². The van der Waals surface area contributed by atoms with Crippen LogP contribution < -0.4 is 4.57 Å². The maximum atomic E-state index is 2.49. The van der Waals surface area contributed by atoms with Crippen molar-refractivity contribution in [3.05, 3.63) is 65.4 Å². The van der Waals surface area contributed by atoms with Gasteiger partial charge in [-0.2, -0.15) is 4.57 Å². The Kier molecular flexibility index (Phi) is 4.80. The van der Waals surface area contributed by atoms with Gasteiger partial charge in [0.15, 0.2) is 12.7 Å². The van der Waals surface area contributed by atoms with Crippen LogP contribution >= 0.6 is 0 Å². The van der Waals surface area contributed by atoms with E-state index in [1.54, 1.807) is 0 Å². The Labute approximate surface area is 164 Å². The topological polar surface area (TPSA) is 3.88 Å². The highest BCUT2D eigenvalue weighted by atomic mass is 15.0. The van der Waals surface area contributed by atoms with Gasteiger partial charge in [0, 0.05) is 11.1 Å². The second-order valence-corrected chi connectivity index (χ2v) is 9.11. The number of hydrogen-bond acceptors (Lipinski definition) is 0. The van der Waals surface area contributed by atoms with E-state index in [9.17, 15) is 0 Å². The zero-order valence-electron chi connectivity index (χ0n) is 17.3. The fraction of sp³-hybridized carbons (Fsp3) is 0.423. The van der Waals surface area contributed by atoms with Crippen LogP contribution in [-0.4, -0.2) is 0 Å². The molecule has 1 aliphatic heterocycles. The van der Waals surface area contributed by atoms with E-state index in [2.05, 4.69) is 80.9 Å². The number of pyridine rings is 1. The lowest BCUT2D eigenvalue weighted by atomic mass is 9.85. The third-order valence-electron chi connectivity index (χ3n) is 5.99. The lowest BCUT2D eigenvalue weighted by molar-refractivity contribution is -0.671. The average molecular weight is 359 g/mol. The van der Waals surface area contributed by atoms with E-state index in [0.717, 1.165) is 6.54 Å². The molecule has 27 heavy (non-hydrogen) atoms. The van der Waals surface area contributed by atoms with Crippen LogP contribution in [0.5, 0.6) is 0 Å². The smallest absolute Gasteiger partial charge is 0.193 e. The first-order valence-electron chi connectivity index (χ1n) is 10.6. The third kappa shape index (κ3) is 3.40. The summed E-state index contributed by atoms with van der Waals surface area (Å²) in [5.41, 5.74) is 7.42. The van der Waals surface area contributed by atoms with Crippen LogP contribution in [-0.2, 0) is 18.4 Å². The van der Waals surface area contributed by atoms with Gasteiger partial charge in [-0.3, -0.25) is 0 Å². The van der Waals surface area contributed by atoms with Gasteiger partial charge in [0.1, 0.15) is 0 Å². The number of benzene rings is 2. The lowest BCUT2D eigenvalue weighted by Gasteiger charge is -2.19. The van der Waals surface area contributed by atoms with Crippen LogP contribution in [0.15, 0.2) is 48.7 Å². The Morgan fingerprint density at radius 2 is 1.70 bits per heavy atom. The molecule has 0 N–H and O–H groups in total. The molecule has 0 bridgehead atoms. The molecule has 0 fully saturated rings. The molecule has 2 aromatic carbocycles. The quantitative estimate of drug-likeness (QED) is 0.280. The second-order valence-electron chi connectivity index (χ2n) is 9.11. The molecule has 0 saturated heterocycles. The van der Waals surface area contributed by atoms with Crippen molar-refractivity contribution in [2.24, 2.45) is 0 Å². The van der Waals surface area contributed by atoms with Gasteiger partial charge in [-0.05, 0) is 47.4 Å². The number of hydrogen-bond donors (Lipinski definition) is 0. The van der Waals surface area contributed by atoms with Crippen molar-refractivity contribution in [2.45, 2.75) is 71.8 Å². The average Bonchev–Trinajstić information content (AvgIpc) is 3.02. The Bertz CT molecular complexity index is 975. The number of rotatable bonds is 5. The predicted octanol–water partition coefficient (Wildman–Crippen LogP) is 6.58. The molecule has 0 saturated carbocycles. The molecule has 1 aromatic heterocycles. The van der Waals surface area contributed by atoms with Crippen molar-refractivity contribution in [1.82, 2.24) is 0 Å². The first kappa shape index (κ1) is 18.2. The van der Waals surface area contributed by atoms with Crippen LogP contribution in [0.2, 0.25) is 0 Å². The van der Waals surface area contributed by atoms with Gasteiger partial charge in [-0.15, -0.1) is 0 Å². The van der Waals surface area contributed by atoms with E-state index in [0.29, 0.717) is 0 Å². The Balaban J connectivity index is 1.78.